The minimum Gasteiger partial charge on any atom is -0.481 e. The third-order valence-electron chi connectivity index (χ3n) is 13.3. The number of carbonyl (C=O) groups is 1. The van der Waals surface area contributed by atoms with Crippen molar-refractivity contribution in [2.45, 2.75) is 102 Å². The van der Waals surface area contributed by atoms with E-state index < -0.39 is 98.8 Å². The van der Waals surface area contributed by atoms with Crippen molar-refractivity contribution in [2.24, 2.45) is 0 Å². The van der Waals surface area contributed by atoms with E-state index in [0.29, 0.717) is 59.6 Å². The van der Waals surface area contributed by atoms with Crippen LogP contribution in [0.2, 0.25) is 0 Å². The third-order valence-corrected chi connectivity index (χ3v) is 17.5. The normalized spacial score (nSPS) is 20.5. The zero-order valence-corrected chi connectivity index (χ0v) is 43.1. The minimum absolute atomic E-state index is 0.00841. The van der Waals surface area contributed by atoms with Crippen LogP contribution < -0.4 is 9.80 Å². The van der Waals surface area contributed by atoms with Gasteiger partial charge in [-0.1, -0.05) is 37.6 Å². The topological polar surface area (TPSA) is 334 Å². The van der Waals surface area contributed by atoms with E-state index in [1.54, 1.807) is 37.3 Å². The van der Waals surface area contributed by atoms with E-state index >= 15 is 0 Å². The number of hydrogen-bond donors (Lipinski definition) is 6. The number of nitrogens with zero attached hydrogens (tertiary/aromatic N) is 2. The Labute approximate surface area is 412 Å². The summed E-state index contributed by atoms with van der Waals surface area (Å²) in [7, 11) is -23.4. The lowest BCUT2D eigenvalue weighted by Gasteiger charge is -2.35. The third kappa shape index (κ3) is 11.8. The van der Waals surface area contributed by atoms with Crippen LogP contribution in [0.1, 0.15) is 76.8 Å². The number of carboxylic acids is 1. The molecule has 0 fully saturated rings. The van der Waals surface area contributed by atoms with E-state index in [2.05, 4.69) is 0 Å². The van der Waals surface area contributed by atoms with Crippen molar-refractivity contribution in [3.8, 4) is 0 Å². The first-order chi connectivity index (χ1) is 32.9. The SMILES string of the molecule is CCN1c2ccc3c(S(=O)(=O)O)cc(S(=O)(=O)O)cc3c2C(C)(CCCS(=O)(=O)O)C1C=CC=C1N(CCCCCC(=O)O)c2ccc3c(S(=O)(=O)O)cc(S(=O)(=O)O)cc3c2C1(C)CCOCCOC. The molecule has 3 atom stereocenters. The van der Waals surface area contributed by atoms with Crippen LogP contribution in [0.4, 0.5) is 11.4 Å². The summed E-state index contributed by atoms with van der Waals surface area (Å²) in [6.07, 6.45) is 6.39. The average molecular weight is 1090 g/mol. The first-order valence-corrected chi connectivity index (χ1v) is 29.5. The van der Waals surface area contributed by atoms with Gasteiger partial charge >= 0.3 is 5.97 Å². The first kappa shape index (κ1) is 55.7. The number of rotatable bonds is 23. The highest BCUT2D eigenvalue weighted by molar-refractivity contribution is 7.87. The molecular formula is C45H56N2O19S5. The number of hydrogen-bond acceptors (Lipinski definition) is 15. The molecule has 2 heterocycles. The van der Waals surface area contributed by atoms with Crippen molar-refractivity contribution in [3.63, 3.8) is 0 Å². The molecule has 3 unspecified atom stereocenters. The van der Waals surface area contributed by atoms with Gasteiger partial charge in [0.05, 0.1) is 34.8 Å². The lowest BCUT2D eigenvalue weighted by Crippen LogP contribution is -2.42. The highest BCUT2D eigenvalue weighted by atomic mass is 32.2. The Morgan fingerprint density at radius 2 is 1.24 bits per heavy atom. The number of ether oxygens (including phenoxy) is 2. The fourth-order valence-electron chi connectivity index (χ4n) is 10.1. The summed E-state index contributed by atoms with van der Waals surface area (Å²) in [5, 5.41) is 9.23. The molecule has 6 N–H and O–H groups in total. The molecule has 0 radical (unpaired) electrons. The predicted molar refractivity (Wildman–Crippen MR) is 262 cm³/mol. The zero-order chi connectivity index (χ0) is 52.7. The van der Waals surface area contributed by atoms with Crippen LogP contribution in [0, 0.1) is 0 Å². The highest BCUT2D eigenvalue weighted by Gasteiger charge is 2.48. The molecule has 0 aromatic heterocycles. The predicted octanol–water partition coefficient (Wildman–Crippen LogP) is 6.03. The molecule has 21 nitrogen and oxygen atoms in total. The number of anilines is 2. The van der Waals surface area contributed by atoms with Gasteiger partial charge in [0.15, 0.2) is 0 Å². The van der Waals surface area contributed by atoms with E-state index in [1.165, 1.54) is 19.2 Å². The summed E-state index contributed by atoms with van der Waals surface area (Å²) in [5.41, 5.74) is -0.182. The van der Waals surface area contributed by atoms with E-state index in [9.17, 15) is 74.8 Å². The molecule has 4 aromatic rings. The maximum Gasteiger partial charge on any atom is 0.303 e. The van der Waals surface area contributed by atoms with Crippen LogP contribution in [-0.2, 0) is 75.7 Å². The van der Waals surface area contributed by atoms with Gasteiger partial charge in [-0.2, -0.15) is 42.1 Å². The van der Waals surface area contributed by atoms with Crippen molar-refractivity contribution in [1.29, 1.82) is 0 Å². The second-order valence-corrected chi connectivity index (χ2v) is 25.1. The van der Waals surface area contributed by atoms with Gasteiger partial charge < -0.3 is 24.4 Å². The van der Waals surface area contributed by atoms with Crippen molar-refractivity contribution in [3.05, 3.63) is 83.6 Å². The molecule has 0 saturated carbocycles. The Bertz CT molecular complexity index is 3400. The quantitative estimate of drug-likeness (QED) is 0.0365. The largest absolute Gasteiger partial charge is 0.481 e. The van der Waals surface area contributed by atoms with Crippen molar-refractivity contribution >= 4 is 89.5 Å². The number of allylic oxidation sites excluding steroid dienone is 3. The van der Waals surface area contributed by atoms with Gasteiger partial charge in [-0.15, -0.1) is 0 Å². The van der Waals surface area contributed by atoms with Gasteiger partial charge in [-0.25, -0.2) is 0 Å². The molecule has 4 aromatic carbocycles. The minimum atomic E-state index is -5.11. The van der Waals surface area contributed by atoms with Gasteiger partial charge in [0.1, 0.15) is 9.79 Å². The van der Waals surface area contributed by atoms with Crippen LogP contribution in [0.25, 0.3) is 21.5 Å². The molecule has 0 amide bonds. The number of benzene rings is 4. The van der Waals surface area contributed by atoms with Crippen LogP contribution in [-0.4, -0.2) is 128 Å². The summed E-state index contributed by atoms with van der Waals surface area (Å²) >= 11 is 0. The Hall–Kier alpha value is -4.58. The van der Waals surface area contributed by atoms with Gasteiger partial charge in [-0.05, 0) is 110 Å². The molecule has 0 aliphatic carbocycles. The Balaban J connectivity index is 1.62. The van der Waals surface area contributed by atoms with Gasteiger partial charge in [0.25, 0.3) is 50.6 Å². The van der Waals surface area contributed by atoms with Crippen LogP contribution in [0.15, 0.2) is 92.0 Å². The Morgan fingerprint density at radius 1 is 0.676 bits per heavy atom. The summed E-state index contributed by atoms with van der Waals surface area (Å²) in [5.74, 6) is -1.66. The van der Waals surface area contributed by atoms with E-state index in [1.807, 2.05) is 23.6 Å². The second-order valence-electron chi connectivity index (χ2n) is 17.9. The van der Waals surface area contributed by atoms with Gasteiger partial charge in [-0.3, -0.25) is 27.6 Å². The molecule has 390 valence electrons. The molecule has 0 bridgehead atoms. The van der Waals surface area contributed by atoms with Crippen LogP contribution in [0.5, 0.6) is 0 Å². The van der Waals surface area contributed by atoms with Crippen molar-refractivity contribution in [1.82, 2.24) is 0 Å². The number of methoxy groups -OCH3 is 1. The molecule has 2 aliphatic rings. The van der Waals surface area contributed by atoms with E-state index in [0.717, 1.165) is 12.1 Å². The summed E-state index contributed by atoms with van der Waals surface area (Å²) in [6, 6.07) is 8.66. The maximum absolute atomic E-state index is 12.9. The molecule has 26 heteroatoms. The summed E-state index contributed by atoms with van der Waals surface area (Å²) in [6.45, 7) is 6.38. The fourth-order valence-corrected chi connectivity index (χ4v) is 13.3. The van der Waals surface area contributed by atoms with Crippen molar-refractivity contribution < 1.29 is 84.2 Å². The molecule has 2 aliphatic heterocycles. The van der Waals surface area contributed by atoms with Crippen LogP contribution in [0.3, 0.4) is 0 Å². The highest BCUT2D eigenvalue weighted by Crippen LogP contribution is 2.55. The molecule has 6 rings (SSSR count). The molecular weight excluding hydrogens is 1030 g/mol. The summed E-state index contributed by atoms with van der Waals surface area (Å²) < 4.78 is 188. The number of aliphatic carboxylic acids is 1. The second kappa shape index (κ2) is 20.7. The lowest BCUT2D eigenvalue weighted by atomic mass is 9.73. The number of carboxylic acid groups (broad SMARTS) is 1. The molecule has 0 spiro atoms. The maximum atomic E-state index is 12.9. The summed E-state index contributed by atoms with van der Waals surface area (Å²) in [4.78, 5) is 12.0. The average Bonchev–Trinajstić information content (AvgIpc) is 3.64. The fraction of sp³-hybridized carbons (Fsp3) is 0.444. The lowest BCUT2D eigenvalue weighted by molar-refractivity contribution is -0.137. The van der Waals surface area contributed by atoms with E-state index in [4.69, 9.17) is 9.47 Å². The number of likely N-dealkylation sites (N-methyl/N-ethyl adjacent to an activating group) is 1. The van der Waals surface area contributed by atoms with Crippen LogP contribution >= 0.6 is 0 Å². The monoisotopic (exact) mass is 1090 g/mol. The van der Waals surface area contributed by atoms with Gasteiger partial charge in [0, 0.05) is 71.9 Å². The number of unbranched alkanes of at least 4 members (excludes halogenated alkanes) is 2. The Kier molecular flexibility index (Phi) is 16.3. The van der Waals surface area contributed by atoms with Crippen molar-refractivity contribution in [2.75, 3.05) is 55.6 Å². The molecule has 0 saturated heterocycles. The first-order valence-electron chi connectivity index (χ1n) is 22.2. The molecule has 71 heavy (non-hydrogen) atoms. The van der Waals surface area contributed by atoms with E-state index in [-0.39, 0.29) is 80.1 Å². The Morgan fingerprint density at radius 3 is 1.75 bits per heavy atom. The van der Waals surface area contributed by atoms with Gasteiger partial charge in [0.2, 0.25) is 0 Å². The zero-order valence-electron chi connectivity index (χ0n) is 39.0. The standard InChI is InChI=1S/C45H56N2O19S5/c1-5-46-35-16-14-31-33(25-29(68(53,54)55)27-37(31)70(59,60)61)42(35)44(2,18-10-24-67(50,51)52)39(46)11-9-12-40-45(3,19-21-66-23-22-65-4)43-34-26-30(69(56,57)58)28-38(71(62,63)64)32(34)15-17-36(43)47(40)20-8-6-7-13-41(48)49/h9,11-12,14-17,25-28,39H,5-8,10,13,18-24H2,1-4H3,(H,48,49)(H,50,51,52)(H,53,54,55)(H,56,57,58)(H,59,60,61)(H,62,63,64). The number of fused-ring (bicyclic) bond motifs is 6. The smallest absolute Gasteiger partial charge is 0.303 e.